The number of fused-ring (bicyclic) bond motifs is 1. The van der Waals surface area contributed by atoms with Crippen LogP contribution in [0.15, 0.2) is 28.7 Å². The smallest absolute Gasteiger partial charge is 0.281 e. The van der Waals surface area contributed by atoms with Crippen molar-refractivity contribution in [1.82, 2.24) is 0 Å². The third-order valence-electron chi connectivity index (χ3n) is 2.65. The van der Waals surface area contributed by atoms with Crippen LogP contribution >= 0.6 is 15.9 Å². The third kappa shape index (κ3) is 1.88. The summed E-state index contributed by atoms with van der Waals surface area (Å²) in [4.78, 5) is 10.7. The van der Waals surface area contributed by atoms with Gasteiger partial charge in [-0.3, -0.25) is 10.1 Å². The molecule has 0 bridgehead atoms. The molecule has 0 aromatic heterocycles. The van der Waals surface area contributed by atoms with E-state index in [1.165, 1.54) is 20.3 Å². The molecule has 0 heterocycles. The summed E-state index contributed by atoms with van der Waals surface area (Å²) in [6.45, 7) is 0. The van der Waals surface area contributed by atoms with Crippen LogP contribution in [-0.4, -0.2) is 19.1 Å². The minimum Gasteiger partial charge on any atom is -0.496 e. The number of hydrogen-bond acceptors (Lipinski definition) is 4. The molecule has 0 aliphatic heterocycles. The topological polar surface area (TPSA) is 61.6 Å². The molecule has 0 atom stereocenters. The standard InChI is InChI=1S/C12H10BrNO4/c1-17-9-6-4-8(14(15)16)12-10(18-2)5-3-7(13)11(9)12/h3-6H,1-2H3. The Balaban J connectivity index is 2.99. The third-order valence-corrected chi connectivity index (χ3v) is 3.31. The number of nitrogens with zero attached hydrogens (tertiary/aromatic N) is 1. The zero-order valence-corrected chi connectivity index (χ0v) is 11.4. The summed E-state index contributed by atoms with van der Waals surface area (Å²) < 4.78 is 11.1. The highest BCUT2D eigenvalue weighted by Crippen LogP contribution is 2.42. The molecule has 0 N–H and O–H groups in total. The van der Waals surface area contributed by atoms with Gasteiger partial charge in [0.1, 0.15) is 16.9 Å². The molecular formula is C12H10BrNO4. The highest BCUT2D eigenvalue weighted by molar-refractivity contribution is 9.10. The Bertz CT molecular complexity index is 627. The average molecular weight is 312 g/mol. The number of non-ortho nitro benzene ring substituents is 1. The van der Waals surface area contributed by atoms with E-state index in [9.17, 15) is 10.1 Å². The number of ether oxygens (including phenoxy) is 2. The molecule has 0 radical (unpaired) electrons. The first-order valence-electron chi connectivity index (χ1n) is 5.07. The first kappa shape index (κ1) is 12.6. The van der Waals surface area contributed by atoms with Gasteiger partial charge in [0.05, 0.1) is 19.1 Å². The predicted molar refractivity (Wildman–Crippen MR) is 71.4 cm³/mol. The maximum atomic E-state index is 11.1. The van der Waals surface area contributed by atoms with Crippen LogP contribution in [0.25, 0.3) is 10.8 Å². The highest BCUT2D eigenvalue weighted by atomic mass is 79.9. The van der Waals surface area contributed by atoms with E-state index < -0.39 is 4.92 Å². The molecule has 0 unspecified atom stereocenters. The Morgan fingerprint density at radius 1 is 1.06 bits per heavy atom. The van der Waals surface area contributed by atoms with Crippen molar-refractivity contribution in [3.05, 3.63) is 38.9 Å². The van der Waals surface area contributed by atoms with E-state index in [0.717, 1.165) is 4.47 Å². The zero-order valence-electron chi connectivity index (χ0n) is 9.77. The lowest BCUT2D eigenvalue weighted by Gasteiger charge is -2.11. The van der Waals surface area contributed by atoms with Crippen molar-refractivity contribution in [2.75, 3.05) is 14.2 Å². The molecule has 0 aliphatic rings. The Hall–Kier alpha value is -1.82. The van der Waals surface area contributed by atoms with Crippen LogP contribution < -0.4 is 9.47 Å². The van der Waals surface area contributed by atoms with Gasteiger partial charge in [-0.25, -0.2) is 0 Å². The van der Waals surface area contributed by atoms with Gasteiger partial charge < -0.3 is 9.47 Å². The molecule has 0 spiro atoms. The van der Waals surface area contributed by atoms with Crippen molar-refractivity contribution < 1.29 is 14.4 Å². The van der Waals surface area contributed by atoms with Gasteiger partial charge in [-0.05, 0) is 18.2 Å². The molecular weight excluding hydrogens is 302 g/mol. The van der Waals surface area contributed by atoms with E-state index in [-0.39, 0.29) is 5.69 Å². The molecule has 94 valence electrons. The molecule has 18 heavy (non-hydrogen) atoms. The average Bonchev–Trinajstić information content (AvgIpc) is 2.37. The van der Waals surface area contributed by atoms with Crippen molar-refractivity contribution in [3.8, 4) is 11.5 Å². The summed E-state index contributed by atoms with van der Waals surface area (Å²) in [5, 5.41) is 12.1. The lowest BCUT2D eigenvalue weighted by molar-refractivity contribution is -0.383. The summed E-state index contributed by atoms with van der Waals surface area (Å²) in [5.41, 5.74) is -0.0102. The summed E-state index contributed by atoms with van der Waals surface area (Å²) in [6, 6.07) is 6.44. The molecule has 0 aliphatic carbocycles. The van der Waals surface area contributed by atoms with Gasteiger partial charge >= 0.3 is 0 Å². The summed E-state index contributed by atoms with van der Waals surface area (Å²) in [6.07, 6.45) is 0. The van der Waals surface area contributed by atoms with Crippen LogP contribution in [0.3, 0.4) is 0 Å². The zero-order chi connectivity index (χ0) is 13.3. The molecule has 0 saturated heterocycles. The number of halogens is 1. The molecule has 0 amide bonds. The van der Waals surface area contributed by atoms with Crippen LogP contribution in [0.5, 0.6) is 11.5 Å². The van der Waals surface area contributed by atoms with Gasteiger partial charge in [-0.15, -0.1) is 0 Å². The van der Waals surface area contributed by atoms with Gasteiger partial charge in [0.25, 0.3) is 5.69 Å². The van der Waals surface area contributed by atoms with E-state index in [1.54, 1.807) is 18.2 Å². The molecule has 0 saturated carbocycles. The number of benzene rings is 2. The predicted octanol–water partition coefficient (Wildman–Crippen LogP) is 3.53. The minimum absolute atomic E-state index is 0.0102. The second-order valence-corrected chi connectivity index (χ2v) is 4.40. The fourth-order valence-electron chi connectivity index (χ4n) is 1.87. The summed E-state index contributed by atoms with van der Waals surface area (Å²) in [7, 11) is 3.00. The monoisotopic (exact) mass is 311 g/mol. The number of nitro benzene ring substituents is 1. The molecule has 2 aromatic rings. The van der Waals surface area contributed by atoms with Crippen molar-refractivity contribution in [3.63, 3.8) is 0 Å². The number of rotatable bonds is 3. The van der Waals surface area contributed by atoms with E-state index in [1.807, 2.05) is 0 Å². The van der Waals surface area contributed by atoms with Crippen LogP contribution in [-0.2, 0) is 0 Å². The number of hydrogen-bond donors (Lipinski definition) is 0. The quantitative estimate of drug-likeness (QED) is 0.642. The number of nitro groups is 1. The van der Waals surface area contributed by atoms with E-state index >= 15 is 0 Å². The van der Waals surface area contributed by atoms with Crippen molar-refractivity contribution in [2.24, 2.45) is 0 Å². The maximum Gasteiger partial charge on any atom is 0.281 e. The second-order valence-electron chi connectivity index (χ2n) is 3.54. The summed E-state index contributed by atoms with van der Waals surface area (Å²) in [5.74, 6) is 1.00. The fourth-order valence-corrected chi connectivity index (χ4v) is 2.39. The normalized spacial score (nSPS) is 10.4. The largest absolute Gasteiger partial charge is 0.496 e. The Morgan fingerprint density at radius 3 is 2.17 bits per heavy atom. The molecule has 6 heteroatoms. The van der Waals surface area contributed by atoms with Crippen molar-refractivity contribution in [1.29, 1.82) is 0 Å². The highest BCUT2D eigenvalue weighted by Gasteiger charge is 2.20. The maximum absolute atomic E-state index is 11.1. The lowest BCUT2D eigenvalue weighted by Crippen LogP contribution is -1.95. The minimum atomic E-state index is -0.434. The van der Waals surface area contributed by atoms with Crippen LogP contribution in [0.4, 0.5) is 5.69 Å². The van der Waals surface area contributed by atoms with E-state index in [2.05, 4.69) is 15.9 Å². The van der Waals surface area contributed by atoms with Crippen LogP contribution in [0.2, 0.25) is 0 Å². The second kappa shape index (κ2) is 4.81. The van der Waals surface area contributed by atoms with E-state index in [4.69, 9.17) is 9.47 Å². The van der Waals surface area contributed by atoms with Crippen molar-refractivity contribution in [2.45, 2.75) is 0 Å². The van der Waals surface area contributed by atoms with Gasteiger partial charge in [-0.1, -0.05) is 15.9 Å². The van der Waals surface area contributed by atoms with E-state index in [0.29, 0.717) is 22.3 Å². The van der Waals surface area contributed by atoms with Gasteiger partial charge in [-0.2, -0.15) is 0 Å². The Morgan fingerprint density at radius 2 is 1.61 bits per heavy atom. The Labute approximate surface area is 112 Å². The van der Waals surface area contributed by atoms with Crippen molar-refractivity contribution >= 4 is 32.4 Å². The molecule has 2 rings (SSSR count). The molecule has 5 nitrogen and oxygen atoms in total. The fraction of sp³-hybridized carbons (Fsp3) is 0.167. The van der Waals surface area contributed by atoms with Gasteiger partial charge in [0.15, 0.2) is 0 Å². The molecule has 0 fully saturated rings. The number of methoxy groups -OCH3 is 2. The van der Waals surface area contributed by atoms with Gasteiger partial charge in [0.2, 0.25) is 0 Å². The Kier molecular flexibility index (Phi) is 3.38. The first-order valence-corrected chi connectivity index (χ1v) is 5.87. The lowest BCUT2D eigenvalue weighted by atomic mass is 10.1. The van der Waals surface area contributed by atoms with Crippen LogP contribution in [0.1, 0.15) is 0 Å². The summed E-state index contributed by atoms with van der Waals surface area (Å²) >= 11 is 3.38. The SMILES string of the molecule is COc1ccc([N+](=O)[O-])c2c(OC)ccc(Br)c12. The van der Waals surface area contributed by atoms with Gasteiger partial charge in [0, 0.05) is 15.9 Å². The van der Waals surface area contributed by atoms with Crippen LogP contribution in [0, 0.1) is 10.1 Å². The molecule has 2 aromatic carbocycles. The first-order chi connectivity index (χ1) is 8.60.